The number of hydrogen-bond donors (Lipinski definition) is 0. The molecule has 0 N–H and O–H groups in total. The summed E-state index contributed by atoms with van der Waals surface area (Å²) < 4.78 is 21.6. The SMILES string of the molecule is CCC(CC)CCCCCCCCCC(=O)OCC(COCCOC(=O)C(=O)CCN1C(=O)C=CC1=O)OC(=O)CCCCCCCCCC(CC)CC. The monoisotopic (exact) mass is 764 g/mol. The minimum Gasteiger partial charge on any atom is -0.462 e. The molecule has 11 heteroatoms. The van der Waals surface area contributed by atoms with E-state index in [0.29, 0.717) is 6.42 Å². The molecule has 1 rings (SSSR count). The van der Waals surface area contributed by atoms with Gasteiger partial charge in [-0.15, -0.1) is 0 Å². The van der Waals surface area contributed by atoms with Crippen molar-refractivity contribution in [3.63, 3.8) is 0 Å². The van der Waals surface area contributed by atoms with Crippen LogP contribution in [0.2, 0.25) is 0 Å². The van der Waals surface area contributed by atoms with Crippen LogP contribution in [0.1, 0.15) is 175 Å². The standard InChI is InChI=1S/C43H73NO10/c1-5-35(6-2)23-19-15-11-9-13-17-21-25-41(48)53-34-37(54-42(49)26-22-18-14-10-12-16-20-24-36(7-3)8-4)33-51-31-32-52-43(50)38(45)29-30-44-39(46)27-28-40(44)47/h27-28,35-37H,5-26,29-34H2,1-4H3. The van der Waals surface area contributed by atoms with E-state index in [4.69, 9.17) is 18.9 Å². The fourth-order valence-corrected chi connectivity index (χ4v) is 6.64. The zero-order chi connectivity index (χ0) is 39.8. The Labute approximate surface area is 326 Å². The van der Waals surface area contributed by atoms with Gasteiger partial charge in [-0.1, -0.05) is 143 Å². The maximum absolute atomic E-state index is 12.7. The van der Waals surface area contributed by atoms with Crippen LogP contribution in [0.25, 0.3) is 0 Å². The third-order valence-electron chi connectivity index (χ3n) is 10.5. The van der Waals surface area contributed by atoms with Gasteiger partial charge >= 0.3 is 17.9 Å². The smallest absolute Gasteiger partial charge is 0.374 e. The summed E-state index contributed by atoms with van der Waals surface area (Å²) in [6.45, 7) is 8.33. The van der Waals surface area contributed by atoms with E-state index in [1.807, 2.05) is 0 Å². The number of ketones is 1. The molecule has 1 atom stereocenters. The lowest BCUT2D eigenvalue weighted by Gasteiger charge is -2.18. The molecule has 0 aromatic heterocycles. The molecule has 310 valence electrons. The molecule has 11 nitrogen and oxygen atoms in total. The summed E-state index contributed by atoms with van der Waals surface area (Å²) in [5, 5.41) is 0. The minimum atomic E-state index is -1.10. The first-order valence-electron chi connectivity index (χ1n) is 21.3. The van der Waals surface area contributed by atoms with Crippen LogP contribution in [0.15, 0.2) is 12.2 Å². The molecule has 0 aromatic carbocycles. The van der Waals surface area contributed by atoms with Gasteiger partial charge in [0.15, 0.2) is 6.10 Å². The highest BCUT2D eigenvalue weighted by Crippen LogP contribution is 2.19. The third kappa shape index (κ3) is 24.4. The number of imide groups is 1. The largest absolute Gasteiger partial charge is 0.462 e. The highest BCUT2D eigenvalue weighted by molar-refractivity contribution is 6.33. The van der Waals surface area contributed by atoms with Gasteiger partial charge in [-0.05, 0) is 24.7 Å². The lowest BCUT2D eigenvalue weighted by molar-refractivity contribution is -0.164. The molecule has 1 aliphatic heterocycles. The lowest BCUT2D eigenvalue weighted by Crippen LogP contribution is -2.33. The van der Waals surface area contributed by atoms with Crippen molar-refractivity contribution in [2.45, 2.75) is 181 Å². The van der Waals surface area contributed by atoms with Crippen LogP contribution in [0, 0.1) is 11.8 Å². The Kier molecular flexibility index (Phi) is 29.2. The van der Waals surface area contributed by atoms with Gasteiger partial charge in [-0.25, -0.2) is 4.79 Å². The Balaban J connectivity index is 2.37. The van der Waals surface area contributed by atoms with Crippen molar-refractivity contribution < 1.29 is 47.7 Å². The van der Waals surface area contributed by atoms with E-state index in [0.717, 1.165) is 73.8 Å². The molecule has 0 aliphatic carbocycles. The van der Waals surface area contributed by atoms with Crippen LogP contribution in [0.5, 0.6) is 0 Å². The van der Waals surface area contributed by atoms with Crippen LogP contribution in [-0.4, -0.2) is 79.5 Å². The average Bonchev–Trinajstić information content (AvgIpc) is 3.49. The van der Waals surface area contributed by atoms with E-state index >= 15 is 0 Å². The van der Waals surface area contributed by atoms with E-state index < -0.39 is 29.7 Å². The van der Waals surface area contributed by atoms with E-state index in [2.05, 4.69) is 27.7 Å². The fourth-order valence-electron chi connectivity index (χ4n) is 6.64. The number of esters is 3. The molecule has 1 aliphatic rings. The molecule has 0 bridgehead atoms. The van der Waals surface area contributed by atoms with Crippen molar-refractivity contribution in [2.24, 2.45) is 11.8 Å². The summed E-state index contributed by atoms with van der Waals surface area (Å²) >= 11 is 0. The van der Waals surface area contributed by atoms with Crippen LogP contribution < -0.4 is 0 Å². The van der Waals surface area contributed by atoms with Crippen LogP contribution >= 0.6 is 0 Å². The predicted molar refractivity (Wildman–Crippen MR) is 209 cm³/mol. The van der Waals surface area contributed by atoms with Crippen molar-refractivity contribution in [1.82, 2.24) is 4.90 Å². The summed E-state index contributed by atoms with van der Waals surface area (Å²) in [5.74, 6) is -2.07. The second-order valence-electron chi connectivity index (χ2n) is 14.7. The lowest BCUT2D eigenvalue weighted by atomic mass is 9.95. The summed E-state index contributed by atoms with van der Waals surface area (Å²) in [6, 6.07) is 0. The number of nitrogens with zero attached hydrogens (tertiary/aromatic N) is 1. The number of rotatable bonds is 36. The number of hydrogen-bond acceptors (Lipinski definition) is 10. The van der Waals surface area contributed by atoms with Gasteiger partial charge in [0.2, 0.25) is 5.78 Å². The highest BCUT2D eigenvalue weighted by atomic mass is 16.6. The molecule has 2 amide bonds. The van der Waals surface area contributed by atoms with Gasteiger partial charge in [-0.3, -0.25) is 28.9 Å². The minimum absolute atomic E-state index is 0.0785. The zero-order valence-corrected chi connectivity index (χ0v) is 34.2. The average molecular weight is 764 g/mol. The molecule has 0 fully saturated rings. The molecule has 54 heavy (non-hydrogen) atoms. The molecule has 0 spiro atoms. The van der Waals surface area contributed by atoms with E-state index in [1.54, 1.807) is 0 Å². The number of amides is 2. The maximum atomic E-state index is 12.7. The van der Waals surface area contributed by atoms with Gasteiger partial charge in [0.1, 0.15) is 13.2 Å². The molecular weight excluding hydrogens is 690 g/mol. The van der Waals surface area contributed by atoms with Crippen LogP contribution in [0.3, 0.4) is 0 Å². The van der Waals surface area contributed by atoms with Gasteiger partial charge in [-0.2, -0.15) is 0 Å². The first-order valence-corrected chi connectivity index (χ1v) is 21.3. The highest BCUT2D eigenvalue weighted by Gasteiger charge is 2.26. The van der Waals surface area contributed by atoms with Gasteiger partial charge in [0.05, 0.1) is 13.2 Å². The number of unbranched alkanes of at least 4 members (excludes halogenated alkanes) is 12. The topological polar surface area (TPSA) is 143 Å². The predicted octanol–water partition coefficient (Wildman–Crippen LogP) is 8.78. The summed E-state index contributed by atoms with van der Waals surface area (Å²) in [6.07, 6.45) is 24.7. The molecule has 0 saturated carbocycles. The Morgan fingerprint density at radius 2 is 1.02 bits per heavy atom. The second kappa shape index (κ2) is 32.2. The Bertz CT molecular complexity index is 1080. The Morgan fingerprint density at radius 3 is 1.52 bits per heavy atom. The van der Waals surface area contributed by atoms with Gasteiger partial charge in [0.25, 0.3) is 11.8 Å². The van der Waals surface area contributed by atoms with Crippen molar-refractivity contribution in [3.05, 3.63) is 12.2 Å². The van der Waals surface area contributed by atoms with Crippen LogP contribution in [0.4, 0.5) is 0 Å². The molecular formula is C43H73NO10. The van der Waals surface area contributed by atoms with Crippen LogP contribution in [-0.2, 0) is 47.7 Å². The van der Waals surface area contributed by atoms with E-state index in [-0.39, 0.29) is 57.8 Å². The summed E-state index contributed by atoms with van der Waals surface area (Å²) in [5.41, 5.74) is 0. The van der Waals surface area contributed by atoms with Gasteiger partial charge < -0.3 is 18.9 Å². The van der Waals surface area contributed by atoms with Gasteiger partial charge in [0, 0.05) is 38.0 Å². The van der Waals surface area contributed by atoms with Crippen molar-refractivity contribution >= 4 is 35.5 Å². The second-order valence-corrected chi connectivity index (χ2v) is 14.7. The Hall–Kier alpha value is -3.08. The number of ether oxygens (including phenoxy) is 4. The third-order valence-corrected chi connectivity index (χ3v) is 10.5. The van der Waals surface area contributed by atoms with E-state index in [9.17, 15) is 28.8 Å². The molecule has 1 unspecified atom stereocenters. The number of Topliss-reactive ketones (excluding diaryl/α,β-unsaturated/α-hetero) is 1. The number of carbonyl (C=O) groups is 6. The quantitative estimate of drug-likeness (QED) is 0.0200. The normalized spacial score (nSPS) is 13.3. The molecule has 1 heterocycles. The molecule has 0 aromatic rings. The summed E-state index contributed by atoms with van der Waals surface area (Å²) in [4.78, 5) is 73.4. The van der Waals surface area contributed by atoms with E-state index in [1.165, 1.54) is 83.5 Å². The maximum Gasteiger partial charge on any atom is 0.374 e. The number of carbonyl (C=O) groups excluding carboxylic acids is 6. The zero-order valence-electron chi connectivity index (χ0n) is 34.2. The van der Waals surface area contributed by atoms with Crippen molar-refractivity contribution in [2.75, 3.05) is 33.0 Å². The molecule has 0 radical (unpaired) electrons. The summed E-state index contributed by atoms with van der Waals surface area (Å²) in [7, 11) is 0. The first kappa shape index (κ1) is 48.9. The Morgan fingerprint density at radius 1 is 0.556 bits per heavy atom. The van der Waals surface area contributed by atoms with Crippen molar-refractivity contribution in [3.8, 4) is 0 Å². The fraction of sp³-hybridized carbons (Fsp3) is 0.814. The first-order chi connectivity index (χ1) is 26.1. The van der Waals surface area contributed by atoms with Crippen molar-refractivity contribution in [1.29, 1.82) is 0 Å². The molecule has 0 saturated heterocycles.